The van der Waals surface area contributed by atoms with Gasteiger partial charge in [0.05, 0.1) is 36.0 Å². The predicted octanol–water partition coefficient (Wildman–Crippen LogP) is 5.52. The standard InChI is InChI=1S/C29H25BrClN7O2/c1-16-36-37-28-24(15-26(39)32-12-11-17-3-9-22-23(13-17)35-29(30)34-22)33-27(18-4-6-19(31)7-5-18)21-14-20(40-2)8-10-25(21)38(16)28/h3-10,13-14,24H,11-12,15H2,1-2H3,(H,32,39)(H,34,35)/t24-/m0/s1. The topological polar surface area (TPSA) is 110 Å². The van der Waals surface area contributed by atoms with Crippen molar-refractivity contribution in [3.63, 3.8) is 0 Å². The van der Waals surface area contributed by atoms with Crippen LogP contribution in [-0.4, -0.2) is 50.0 Å². The normalized spacial score (nSPS) is 14.3. The molecule has 40 heavy (non-hydrogen) atoms. The highest BCUT2D eigenvalue weighted by atomic mass is 79.9. The molecule has 1 aliphatic heterocycles. The third kappa shape index (κ3) is 5.12. The SMILES string of the molecule is COc1ccc2c(c1)C(c1ccc(Cl)cc1)=N[C@@H](CC(=O)NCCc1ccc3[nH]c(Br)nc3c1)c1nnc(C)n1-2. The van der Waals surface area contributed by atoms with Gasteiger partial charge in [-0.15, -0.1) is 10.2 Å². The van der Waals surface area contributed by atoms with E-state index >= 15 is 0 Å². The Morgan fingerprint density at radius 2 is 1.95 bits per heavy atom. The largest absolute Gasteiger partial charge is 0.497 e. The highest BCUT2D eigenvalue weighted by molar-refractivity contribution is 9.10. The summed E-state index contributed by atoms with van der Waals surface area (Å²) in [6.07, 6.45) is 0.794. The lowest BCUT2D eigenvalue weighted by atomic mass is 10.00. The fraction of sp³-hybridized carbons (Fsp3) is 0.207. The van der Waals surface area contributed by atoms with Crippen molar-refractivity contribution in [2.24, 2.45) is 4.99 Å². The van der Waals surface area contributed by atoms with E-state index < -0.39 is 6.04 Å². The summed E-state index contributed by atoms with van der Waals surface area (Å²) in [6, 6.07) is 18.8. The molecule has 6 rings (SSSR count). The third-order valence-corrected chi connectivity index (χ3v) is 7.51. The zero-order valence-corrected chi connectivity index (χ0v) is 24.1. The second-order valence-corrected chi connectivity index (χ2v) is 10.7. The number of carbonyl (C=O) groups is 1. The van der Waals surface area contributed by atoms with Crippen molar-refractivity contribution in [2.75, 3.05) is 13.7 Å². The molecular formula is C29H25BrClN7O2. The Bertz CT molecular complexity index is 1760. The zero-order chi connectivity index (χ0) is 27.8. The highest BCUT2D eigenvalue weighted by Gasteiger charge is 2.30. The first-order chi connectivity index (χ1) is 19.4. The van der Waals surface area contributed by atoms with Crippen LogP contribution in [0.2, 0.25) is 5.02 Å². The molecule has 202 valence electrons. The van der Waals surface area contributed by atoms with Crippen molar-refractivity contribution in [3.8, 4) is 11.4 Å². The van der Waals surface area contributed by atoms with Crippen LogP contribution in [0.3, 0.4) is 0 Å². The van der Waals surface area contributed by atoms with E-state index in [1.165, 1.54) is 0 Å². The Morgan fingerprint density at radius 1 is 1.12 bits per heavy atom. The molecule has 0 saturated heterocycles. The van der Waals surface area contributed by atoms with Crippen molar-refractivity contribution >= 4 is 50.2 Å². The van der Waals surface area contributed by atoms with E-state index in [0.717, 1.165) is 39.1 Å². The number of ether oxygens (including phenoxy) is 1. The van der Waals surface area contributed by atoms with E-state index in [9.17, 15) is 4.79 Å². The van der Waals surface area contributed by atoms with Crippen LogP contribution in [0.1, 0.15) is 40.8 Å². The monoisotopic (exact) mass is 617 g/mol. The summed E-state index contributed by atoms with van der Waals surface area (Å²) < 4.78 is 8.19. The minimum atomic E-state index is -0.553. The Kier molecular flexibility index (Phi) is 7.12. The average Bonchev–Trinajstić information content (AvgIpc) is 3.48. The molecule has 5 aromatic rings. The van der Waals surface area contributed by atoms with Gasteiger partial charge >= 0.3 is 0 Å². The number of halogens is 2. The number of aromatic nitrogens is 5. The van der Waals surface area contributed by atoms with E-state index in [2.05, 4.69) is 41.4 Å². The maximum atomic E-state index is 13.2. The van der Waals surface area contributed by atoms with Gasteiger partial charge < -0.3 is 15.0 Å². The summed E-state index contributed by atoms with van der Waals surface area (Å²) in [4.78, 5) is 25.9. The number of amides is 1. The van der Waals surface area contributed by atoms with Gasteiger partial charge in [-0.05, 0) is 77.3 Å². The van der Waals surface area contributed by atoms with Crippen LogP contribution in [0.15, 0.2) is 70.4 Å². The molecule has 0 spiro atoms. The number of fused-ring (bicyclic) bond motifs is 4. The quantitative estimate of drug-likeness (QED) is 0.250. The fourth-order valence-corrected chi connectivity index (χ4v) is 5.48. The minimum Gasteiger partial charge on any atom is -0.497 e. The average molecular weight is 619 g/mol. The predicted molar refractivity (Wildman–Crippen MR) is 158 cm³/mol. The van der Waals surface area contributed by atoms with Crippen LogP contribution >= 0.6 is 27.5 Å². The van der Waals surface area contributed by atoms with Gasteiger partial charge in [-0.2, -0.15) is 0 Å². The van der Waals surface area contributed by atoms with Crippen LogP contribution in [-0.2, 0) is 11.2 Å². The van der Waals surface area contributed by atoms with Crippen molar-refractivity contribution in [3.05, 3.63) is 98.8 Å². The van der Waals surface area contributed by atoms with Crippen molar-refractivity contribution in [1.82, 2.24) is 30.0 Å². The number of hydrogen-bond donors (Lipinski definition) is 2. The summed E-state index contributed by atoms with van der Waals surface area (Å²) >= 11 is 9.55. The lowest BCUT2D eigenvalue weighted by Crippen LogP contribution is -2.27. The summed E-state index contributed by atoms with van der Waals surface area (Å²) in [5.41, 5.74) is 6.26. The first kappa shape index (κ1) is 26.2. The maximum absolute atomic E-state index is 13.2. The number of benzene rings is 3. The van der Waals surface area contributed by atoms with Crippen molar-refractivity contribution in [1.29, 1.82) is 0 Å². The fourth-order valence-electron chi connectivity index (χ4n) is 4.95. The van der Waals surface area contributed by atoms with Gasteiger partial charge in [-0.25, -0.2) is 4.98 Å². The van der Waals surface area contributed by atoms with Crippen molar-refractivity contribution < 1.29 is 9.53 Å². The molecular weight excluding hydrogens is 594 g/mol. The van der Waals surface area contributed by atoms with Crippen LogP contribution < -0.4 is 10.1 Å². The summed E-state index contributed by atoms with van der Waals surface area (Å²) in [6.45, 7) is 2.38. The van der Waals surface area contributed by atoms with E-state index in [4.69, 9.17) is 21.3 Å². The second-order valence-electron chi connectivity index (χ2n) is 9.51. The number of nitrogens with one attached hydrogen (secondary N) is 2. The van der Waals surface area contributed by atoms with E-state index in [1.807, 2.05) is 72.2 Å². The molecule has 3 aromatic carbocycles. The lowest BCUT2D eigenvalue weighted by molar-refractivity contribution is -0.121. The number of aromatic amines is 1. The van der Waals surface area contributed by atoms with E-state index in [1.54, 1.807) is 7.11 Å². The Balaban J connectivity index is 1.29. The number of imidazole rings is 1. The lowest BCUT2D eigenvalue weighted by Gasteiger charge is -2.14. The maximum Gasteiger partial charge on any atom is 0.222 e. The van der Waals surface area contributed by atoms with Crippen LogP contribution in [0.4, 0.5) is 0 Å². The molecule has 1 aliphatic rings. The Hall–Kier alpha value is -4.02. The molecule has 1 amide bonds. The number of carbonyl (C=O) groups excluding carboxylic acids is 1. The first-order valence-electron chi connectivity index (χ1n) is 12.7. The zero-order valence-electron chi connectivity index (χ0n) is 21.8. The molecule has 0 aliphatic carbocycles. The molecule has 9 nitrogen and oxygen atoms in total. The Labute approximate surface area is 243 Å². The van der Waals surface area contributed by atoms with Crippen LogP contribution in [0.25, 0.3) is 16.7 Å². The van der Waals surface area contributed by atoms with Gasteiger partial charge in [0.1, 0.15) is 17.6 Å². The van der Waals surface area contributed by atoms with Crippen LogP contribution in [0, 0.1) is 6.92 Å². The minimum absolute atomic E-state index is 0.117. The second kappa shape index (κ2) is 10.9. The first-order valence-corrected chi connectivity index (χ1v) is 13.9. The van der Waals surface area contributed by atoms with Gasteiger partial charge in [0.25, 0.3) is 0 Å². The highest BCUT2D eigenvalue weighted by Crippen LogP contribution is 2.34. The summed E-state index contributed by atoms with van der Waals surface area (Å²) in [7, 11) is 1.63. The molecule has 0 bridgehead atoms. The number of H-pyrrole nitrogens is 1. The molecule has 0 fully saturated rings. The van der Waals surface area contributed by atoms with Gasteiger partial charge in [0.15, 0.2) is 10.6 Å². The molecule has 0 unspecified atom stereocenters. The van der Waals surface area contributed by atoms with Gasteiger partial charge in [-0.3, -0.25) is 14.4 Å². The number of hydrogen-bond acceptors (Lipinski definition) is 6. The van der Waals surface area contributed by atoms with Crippen molar-refractivity contribution in [2.45, 2.75) is 25.8 Å². The van der Waals surface area contributed by atoms with Gasteiger partial charge in [0.2, 0.25) is 5.91 Å². The molecule has 1 atom stereocenters. The number of rotatable bonds is 7. The summed E-state index contributed by atoms with van der Waals surface area (Å²) in [5, 5.41) is 12.5. The third-order valence-electron chi connectivity index (χ3n) is 6.88. The number of nitrogens with zero attached hydrogens (tertiary/aromatic N) is 5. The number of aryl methyl sites for hydroxylation is 1. The molecule has 0 saturated carbocycles. The summed E-state index contributed by atoms with van der Waals surface area (Å²) in [5.74, 6) is 1.89. The van der Waals surface area contributed by atoms with Gasteiger partial charge in [0, 0.05) is 22.7 Å². The van der Waals surface area contributed by atoms with E-state index in [-0.39, 0.29) is 12.3 Å². The van der Waals surface area contributed by atoms with Crippen LogP contribution in [0.5, 0.6) is 5.75 Å². The number of methoxy groups -OCH3 is 1. The molecule has 2 aromatic heterocycles. The molecule has 11 heteroatoms. The molecule has 2 N–H and O–H groups in total. The Morgan fingerprint density at radius 3 is 2.75 bits per heavy atom. The number of aliphatic imine (C=N–C) groups is 1. The molecule has 0 radical (unpaired) electrons. The van der Waals surface area contributed by atoms with Gasteiger partial charge in [-0.1, -0.05) is 29.8 Å². The smallest absolute Gasteiger partial charge is 0.222 e. The molecule has 3 heterocycles. The van der Waals surface area contributed by atoms with E-state index in [0.29, 0.717) is 40.1 Å².